The topological polar surface area (TPSA) is 36.2 Å². The zero-order chi connectivity index (χ0) is 10.2. The molecule has 3 nitrogen and oxygen atoms in total. The van der Waals surface area contributed by atoms with Crippen LogP contribution < -0.4 is 18.9 Å². The molecule has 1 aromatic rings. The molecule has 2 heterocycles. The molecule has 1 aliphatic heterocycles. The fraction of sp³-hybridized carbons (Fsp3) is 0.444. The van der Waals surface area contributed by atoms with Crippen molar-refractivity contribution in [3.8, 4) is 0 Å². The van der Waals surface area contributed by atoms with E-state index in [0.29, 0.717) is 10.3 Å². The number of nitrogens with zero attached hydrogens (tertiary/aromatic N) is 2. The Labute approximate surface area is 128 Å². The van der Waals surface area contributed by atoms with E-state index < -0.39 is 0 Å². The average Bonchev–Trinajstić information content (AvgIpc) is 2.21. The minimum absolute atomic E-state index is 0. The Morgan fingerprint density at radius 2 is 1.69 bits per heavy atom. The Balaban J connectivity index is 0. The van der Waals surface area contributed by atoms with Gasteiger partial charge in [0.2, 0.25) is 0 Å². The Kier molecular flexibility index (Phi) is 14.6. The van der Waals surface area contributed by atoms with E-state index in [1.165, 1.54) is 0 Å². The molecule has 16 heavy (non-hydrogen) atoms. The molecule has 0 aromatic carbocycles. The van der Waals surface area contributed by atoms with Crippen molar-refractivity contribution in [1.29, 1.82) is 0 Å². The van der Waals surface area contributed by atoms with Gasteiger partial charge in [0, 0.05) is 23.5 Å². The predicted octanol–water partition coefficient (Wildman–Crippen LogP) is -0.420. The van der Waals surface area contributed by atoms with Crippen LogP contribution in [0.4, 0.5) is 0 Å². The summed E-state index contributed by atoms with van der Waals surface area (Å²) in [6, 6.07) is 5.80. The second-order valence-electron chi connectivity index (χ2n) is 2.50. The maximum Gasteiger partial charge on any atom is 1.00 e. The van der Waals surface area contributed by atoms with Crippen molar-refractivity contribution >= 4 is 23.2 Å². The maximum absolute atomic E-state index is 5.42. The standard InChI is InChI=1S/C5H2Cl2N.C4H8NO.Cu.Li/c6-4-2-1-3-5(7)8-4;1-3-6-4-2-5-1;;/h2-3H;1-4H2;;/q2*-1;2*+1. The van der Waals surface area contributed by atoms with Crippen molar-refractivity contribution in [2.75, 3.05) is 26.3 Å². The van der Waals surface area contributed by atoms with Gasteiger partial charge in [-0.2, -0.15) is 6.07 Å². The average molecular weight is 304 g/mol. The third-order valence-corrected chi connectivity index (χ3v) is 1.79. The summed E-state index contributed by atoms with van der Waals surface area (Å²) < 4.78 is 4.98. The van der Waals surface area contributed by atoms with Crippen LogP contribution in [0.5, 0.6) is 0 Å². The zero-order valence-corrected chi connectivity index (χ0v) is 11.3. The Morgan fingerprint density at radius 3 is 1.88 bits per heavy atom. The number of rotatable bonds is 0. The van der Waals surface area contributed by atoms with E-state index in [4.69, 9.17) is 27.9 Å². The van der Waals surface area contributed by atoms with Crippen LogP contribution >= 0.6 is 23.2 Å². The molecule has 0 unspecified atom stereocenters. The summed E-state index contributed by atoms with van der Waals surface area (Å²) in [5.41, 5.74) is 0. The van der Waals surface area contributed by atoms with Gasteiger partial charge in [-0.1, -0.05) is 0 Å². The third kappa shape index (κ3) is 9.96. The molecule has 1 aliphatic rings. The van der Waals surface area contributed by atoms with Crippen LogP contribution in [0.25, 0.3) is 5.32 Å². The van der Waals surface area contributed by atoms with Crippen LogP contribution in [0.1, 0.15) is 0 Å². The van der Waals surface area contributed by atoms with E-state index in [1.54, 1.807) is 12.1 Å². The zero-order valence-electron chi connectivity index (χ0n) is 8.84. The van der Waals surface area contributed by atoms with Gasteiger partial charge in [0.15, 0.2) is 0 Å². The van der Waals surface area contributed by atoms with E-state index in [0.717, 1.165) is 26.3 Å². The molecule has 1 saturated heterocycles. The Bertz CT molecular complexity index is 249. The summed E-state index contributed by atoms with van der Waals surface area (Å²) >= 11 is 10.8. The Hall–Kier alpha value is 0.767. The minimum Gasteiger partial charge on any atom is -0.659 e. The predicted molar refractivity (Wildman–Crippen MR) is 57.0 cm³/mol. The smallest absolute Gasteiger partial charge is 0.659 e. The van der Waals surface area contributed by atoms with Crippen LogP contribution in [0.15, 0.2) is 12.1 Å². The van der Waals surface area contributed by atoms with Gasteiger partial charge in [0.1, 0.15) is 0 Å². The summed E-state index contributed by atoms with van der Waals surface area (Å²) in [6.07, 6.45) is 0. The second-order valence-corrected chi connectivity index (χ2v) is 3.27. The van der Waals surface area contributed by atoms with Crippen LogP contribution in [0, 0.1) is 6.07 Å². The first-order valence-corrected chi connectivity index (χ1v) is 4.95. The molecule has 7 heteroatoms. The molecular formula is C9H10Cl2CuLiN2O. The van der Waals surface area contributed by atoms with Crippen molar-refractivity contribution in [1.82, 2.24) is 4.98 Å². The van der Waals surface area contributed by atoms with Gasteiger partial charge in [-0.05, 0) is 0 Å². The van der Waals surface area contributed by atoms with Crippen molar-refractivity contribution in [3.63, 3.8) is 0 Å². The number of hydrogen-bond donors (Lipinski definition) is 0. The van der Waals surface area contributed by atoms with Crippen LogP contribution in [-0.4, -0.2) is 31.3 Å². The number of aromatic nitrogens is 1. The molecule has 0 amide bonds. The quantitative estimate of drug-likeness (QED) is 0.371. The van der Waals surface area contributed by atoms with Gasteiger partial charge in [-0.3, -0.25) is 0 Å². The summed E-state index contributed by atoms with van der Waals surface area (Å²) in [5, 5.41) is 4.80. The van der Waals surface area contributed by atoms with E-state index in [1.807, 2.05) is 0 Å². The van der Waals surface area contributed by atoms with Crippen molar-refractivity contribution in [2.45, 2.75) is 0 Å². The molecule has 2 rings (SSSR count). The monoisotopic (exact) mass is 302 g/mol. The van der Waals surface area contributed by atoms with Crippen LogP contribution in [-0.2, 0) is 21.8 Å². The Morgan fingerprint density at radius 1 is 1.19 bits per heavy atom. The molecular weight excluding hydrogens is 294 g/mol. The molecule has 1 aromatic heterocycles. The fourth-order valence-electron chi connectivity index (χ4n) is 0.818. The number of morpholine rings is 1. The van der Waals surface area contributed by atoms with E-state index in [2.05, 4.69) is 16.4 Å². The molecule has 1 fully saturated rings. The fourth-order valence-corrected chi connectivity index (χ4v) is 1.17. The van der Waals surface area contributed by atoms with Crippen LogP contribution in [0.3, 0.4) is 0 Å². The van der Waals surface area contributed by atoms with E-state index in [9.17, 15) is 0 Å². The molecule has 0 radical (unpaired) electrons. The first kappa shape index (κ1) is 19.1. The van der Waals surface area contributed by atoms with Gasteiger partial charge in [-0.25, -0.2) is 0 Å². The molecule has 0 saturated carbocycles. The van der Waals surface area contributed by atoms with Crippen LogP contribution in [0.2, 0.25) is 10.3 Å². The van der Waals surface area contributed by atoms with Crippen molar-refractivity contribution in [2.24, 2.45) is 0 Å². The second kappa shape index (κ2) is 12.2. The number of halogens is 2. The molecule has 0 N–H and O–H groups in total. The molecule has 88 valence electrons. The summed E-state index contributed by atoms with van der Waals surface area (Å²) in [4.78, 5) is 3.67. The van der Waals surface area contributed by atoms with Gasteiger partial charge < -0.3 is 15.0 Å². The van der Waals surface area contributed by atoms with E-state index >= 15 is 0 Å². The maximum atomic E-state index is 5.42. The van der Waals surface area contributed by atoms with Gasteiger partial charge in [-0.15, -0.1) is 48.4 Å². The number of pyridine rings is 1. The first-order chi connectivity index (χ1) is 6.79. The van der Waals surface area contributed by atoms with E-state index in [-0.39, 0.29) is 35.9 Å². The molecule has 0 atom stereocenters. The SMILES string of the molecule is C1COCC[N-]1.Clc1c[c-]cc(Cl)n1.[Cu+].[Li+]. The largest absolute Gasteiger partial charge is 1.00 e. The van der Waals surface area contributed by atoms with Crippen molar-refractivity contribution < 1.29 is 40.7 Å². The van der Waals surface area contributed by atoms with Crippen molar-refractivity contribution in [3.05, 3.63) is 33.8 Å². The number of ether oxygens (including phenoxy) is 1. The molecule has 0 aliphatic carbocycles. The summed E-state index contributed by atoms with van der Waals surface area (Å²) in [7, 11) is 0. The first-order valence-electron chi connectivity index (χ1n) is 4.19. The third-order valence-electron chi connectivity index (χ3n) is 1.41. The normalized spacial score (nSPS) is 13.6. The summed E-state index contributed by atoms with van der Waals surface area (Å²) in [5.74, 6) is 0. The molecule has 0 spiro atoms. The minimum atomic E-state index is 0. The van der Waals surface area contributed by atoms with Gasteiger partial charge in [0.05, 0.1) is 0 Å². The van der Waals surface area contributed by atoms with Gasteiger partial charge >= 0.3 is 35.9 Å². The molecule has 0 bridgehead atoms. The summed E-state index contributed by atoms with van der Waals surface area (Å²) in [6.45, 7) is 3.47. The number of hydrogen-bond acceptors (Lipinski definition) is 2. The van der Waals surface area contributed by atoms with Gasteiger partial charge in [0.25, 0.3) is 0 Å².